The van der Waals surface area contributed by atoms with Crippen LogP contribution in [0.15, 0.2) is 28.2 Å². The monoisotopic (exact) mass is 422 g/mol. The van der Waals surface area contributed by atoms with Gasteiger partial charge in [-0.15, -0.1) is 0 Å². The molecule has 0 aromatic carbocycles. The molecule has 0 saturated heterocycles. The van der Waals surface area contributed by atoms with E-state index in [9.17, 15) is 13.2 Å². The molecule has 0 bridgehead atoms. The average molecular weight is 423 g/mol. The van der Waals surface area contributed by atoms with Gasteiger partial charge in [0.25, 0.3) is 5.56 Å². The Balaban J connectivity index is 1.97. The molecule has 148 valence electrons. The Morgan fingerprint density at radius 2 is 1.96 bits per heavy atom. The number of nitrogens with zero attached hydrogens (tertiary/aromatic N) is 5. The van der Waals surface area contributed by atoms with Crippen LogP contribution >= 0.6 is 11.6 Å². The fourth-order valence-electron chi connectivity index (χ4n) is 2.69. The number of aromatic nitrogens is 5. The first-order chi connectivity index (χ1) is 13.2. The minimum atomic E-state index is -3.36. The lowest BCUT2D eigenvalue weighted by Crippen LogP contribution is -2.26. The zero-order chi connectivity index (χ0) is 20.5. The lowest BCUT2D eigenvalue weighted by Gasteiger charge is -2.13. The highest BCUT2D eigenvalue weighted by Crippen LogP contribution is 2.17. The molecule has 0 spiro atoms. The summed E-state index contributed by atoms with van der Waals surface area (Å²) in [6, 6.07) is 3.06. The number of anilines is 1. The molecule has 1 N–H and O–H groups in total. The van der Waals surface area contributed by atoms with Crippen LogP contribution in [0.3, 0.4) is 0 Å². The van der Waals surface area contributed by atoms with Crippen molar-refractivity contribution >= 4 is 38.4 Å². The van der Waals surface area contributed by atoms with Crippen LogP contribution in [0.4, 0.5) is 5.82 Å². The Morgan fingerprint density at radius 1 is 1.21 bits per heavy atom. The van der Waals surface area contributed by atoms with Crippen molar-refractivity contribution in [1.29, 1.82) is 0 Å². The summed E-state index contributed by atoms with van der Waals surface area (Å²) in [6.45, 7) is 4.42. The average Bonchev–Trinajstić information content (AvgIpc) is 2.63. The van der Waals surface area contributed by atoms with Crippen LogP contribution in [0.2, 0.25) is 5.28 Å². The molecule has 0 amide bonds. The number of sulfone groups is 1. The third-order valence-electron chi connectivity index (χ3n) is 4.02. The maximum atomic E-state index is 12.8. The molecule has 0 fully saturated rings. The van der Waals surface area contributed by atoms with E-state index in [0.29, 0.717) is 29.0 Å². The van der Waals surface area contributed by atoms with Crippen LogP contribution in [0.5, 0.6) is 0 Å². The van der Waals surface area contributed by atoms with E-state index in [1.54, 1.807) is 13.0 Å². The van der Waals surface area contributed by atoms with E-state index >= 15 is 0 Å². The standard InChI is InChI=1S/C17H19ClN6O3S/c1-4-7-24-15-13(10(2)21-17(18)23-15)22-14(16(24)25)20-9-11-5-6-12(19-8-11)28(3,26)27/h5-6,8H,4,7,9H2,1-3H3,(H,20,22). The number of pyridine rings is 1. The van der Waals surface area contributed by atoms with Gasteiger partial charge in [-0.1, -0.05) is 13.0 Å². The van der Waals surface area contributed by atoms with E-state index in [1.807, 2.05) is 6.92 Å². The summed E-state index contributed by atoms with van der Waals surface area (Å²) < 4.78 is 24.5. The third kappa shape index (κ3) is 4.12. The molecule has 0 aliphatic carbocycles. The lowest BCUT2D eigenvalue weighted by molar-refractivity contribution is 0.598. The van der Waals surface area contributed by atoms with E-state index in [0.717, 1.165) is 12.7 Å². The van der Waals surface area contributed by atoms with Crippen LogP contribution in [0.25, 0.3) is 11.2 Å². The molecule has 3 aromatic heterocycles. The summed E-state index contributed by atoms with van der Waals surface area (Å²) in [6.07, 6.45) is 3.28. The minimum absolute atomic E-state index is 0.00460. The molecule has 0 atom stereocenters. The number of hydrogen-bond acceptors (Lipinski definition) is 8. The van der Waals surface area contributed by atoms with Gasteiger partial charge >= 0.3 is 0 Å². The van der Waals surface area contributed by atoms with Gasteiger partial charge < -0.3 is 5.32 Å². The van der Waals surface area contributed by atoms with Gasteiger partial charge in [-0.3, -0.25) is 9.36 Å². The molecule has 9 nitrogen and oxygen atoms in total. The normalized spacial score (nSPS) is 11.7. The molecule has 0 radical (unpaired) electrons. The smallest absolute Gasteiger partial charge is 0.294 e. The Hall–Kier alpha value is -2.59. The van der Waals surface area contributed by atoms with E-state index < -0.39 is 9.84 Å². The molecular formula is C17H19ClN6O3S. The number of fused-ring (bicyclic) bond motifs is 1. The molecular weight excluding hydrogens is 404 g/mol. The summed E-state index contributed by atoms with van der Waals surface area (Å²) in [7, 11) is -3.36. The van der Waals surface area contributed by atoms with Crippen molar-refractivity contribution in [3.8, 4) is 0 Å². The predicted octanol–water partition coefficient (Wildman–Crippen LogP) is 1.97. The molecule has 0 unspecified atom stereocenters. The Bertz CT molecular complexity index is 1190. The minimum Gasteiger partial charge on any atom is -0.361 e. The number of halogens is 1. The highest BCUT2D eigenvalue weighted by molar-refractivity contribution is 7.90. The van der Waals surface area contributed by atoms with Crippen LogP contribution in [-0.4, -0.2) is 39.2 Å². The van der Waals surface area contributed by atoms with Gasteiger partial charge in [0.15, 0.2) is 26.3 Å². The van der Waals surface area contributed by atoms with Gasteiger partial charge in [0.1, 0.15) is 5.52 Å². The molecule has 0 aliphatic heterocycles. The number of rotatable bonds is 6. The van der Waals surface area contributed by atoms with Crippen molar-refractivity contribution in [3.63, 3.8) is 0 Å². The number of aryl methyl sites for hydroxylation is 2. The summed E-state index contributed by atoms with van der Waals surface area (Å²) >= 11 is 5.94. The first-order valence-electron chi connectivity index (χ1n) is 8.54. The van der Waals surface area contributed by atoms with E-state index in [-0.39, 0.29) is 28.2 Å². The summed E-state index contributed by atoms with van der Waals surface area (Å²) in [5, 5.41) is 3.06. The summed E-state index contributed by atoms with van der Waals surface area (Å²) in [4.78, 5) is 29.4. The van der Waals surface area contributed by atoms with Gasteiger partial charge in [0.05, 0.1) is 5.69 Å². The fraction of sp³-hybridized carbons (Fsp3) is 0.353. The first-order valence-corrected chi connectivity index (χ1v) is 10.8. The topological polar surface area (TPSA) is 120 Å². The van der Waals surface area contributed by atoms with Crippen molar-refractivity contribution in [2.45, 2.75) is 38.4 Å². The van der Waals surface area contributed by atoms with Gasteiger partial charge in [0.2, 0.25) is 5.28 Å². The highest BCUT2D eigenvalue weighted by Gasteiger charge is 2.15. The maximum absolute atomic E-state index is 12.8. The van der Waals surface area contributed by atoms with E-state index in [2.05, 4.69) is 25.3 Å². The fourth-order valence-corrected chi connectivity index (χ4v) is 3.45. The first kappa shape index (κ1) is 20.2. The van der Waals surface area contributed by atoms with Crippen molar-refractivity contribution in [3.05, 3.63) is 45.2 Å². The van der Waals surface area contributed by atoms with Gasteiger partial charge in [-0.05, 0) is 36.6 Å². The maximum Gasteiger partial charge on any atom is 0.294 e. The molecule has 3 aromatic rings. The highest BCUT2D eigenvalue weighted by atomic mass is 35.5. The molecule has 11 heteroatoms. The Kier molecular flexibility index (Phi) is 5.61. The van der Waals surface area contributed by atoms with Crippen molar-refractivity contribution in [1.82, 2.24) is 24.5 Å². The predicted molar refractivity (Wildman–Crippen MR) is 106 cm³/mol. The number of hydrogen-bond donors (Lipinski definition) is 1. The van der Waals surface area contributed by atoms with Crippen LogP contribution in [0.1, 0.15) is 24.6 Å². The van der Waals surface area contributed by atoms with Crippen molar-refractivity contribution in [2.24, 2.45) is 0 Å². The third-order valence-corrected chi connectivity index (χ3v) is 5.19. The molecule has 0 aliphatic rings. The zero-order valence-corrected chi connectivity index (χ0v) is 17.2. The van der Waals surface area contributed by atoms with E-state index in [4.69, 9.17) is 11.6 Å². The SMILES string of the molecule is CCCn1c(=O)c(NCc2ccc(S(C)(=O)=O)nc2)nc2c(C)nc(Cl)nc21. The largest absolute Gasteiger partial charge is 0.361 e. The van der Waals surface area contributed by atoms with Crippen LogP contribution in [0, 0.1) is 6.92 Å². The quantitative estimate of drug-likeness (QED) is 0.598. The number of nitrogens with one attached hydrogen (secondary N) is 1. The van der Waals surface area contributed by atoms with Gasteiger partial charge in [-0.2, -0.15) is 4.98 Å². The summed E-state index contributed by atoms with van der Waals surface area (Å²) in [5.74, 6) is 0.155. The lowest BCUT2D eigenvalue weighted by atomic mass is 10.3. The Morgan fingerprint density at radius 3 is 2.57 bits per heavy atom. The second-order valence-corrected chi connectivity index (χ2v) is 8.60. The van der Waals surface area contributed by atoms with Crippen molar-refractivity contribution < 1.29 is 8.42 Å². The second kappa shape index (κ2) is 7.80. The van der Waals surface area contributed by atoms with Gasteiger partial charge in [-0.25, -0.2) is 23.4 Å². The molecule has 28 heavy (non-hydrogen) atoms. The Labute approximate surface area is 166 Å². The van der Waals surface area contributed by atoms with Crippen LogP contribution in [-0.2, 0) is 22.9 Å². The molecule has 0 saturated carbocycles. The molecule has 3 rings (SSSR count). The summed E-state index contributed by atoms with van der Waals surface area (Å²) in [5.41, 5.74) is 1.85. The van der Waals surface area contributed by atoms with E-state index in [1.165, 1.54) is 16.8 Å². The van der Waals surface area contributed by atoms with Crippen molar-refractivity contribution in [2.75, 3.05) is 11.6 Å². The zero-order valence-electron chi connectivity index (χ0n) is 15.6. The molecule has 3 heterocycles. The van der Waals surface area contributed by atoms with Gasteiger partial charge in [0, 0.05) is 25.5 Å². The van der Waals surface area contributed by atoms with Crippen LogP contribution < -0.4 is 10.9 Å². The second-order valence-electron chi connectivity index (χ2n) is 6.30.